The number of carboxylic acids is 2. The van der Waals surface area contributed by atoms with E-state index in [9.17, 15) is 14.4 Å². The second kappa shape index (κ2) is 7.14. The van der Waals surface area contributed by atoms with Crippen molar-refractivity contribution >= 4 is 23.4 Å². The summed E-state index contributed by atoms with van der Waals surface area (Å²) in [6.45, 7) is 1.45. The van der Waals surface area contributed by atoms with Gasteiger partial charge in [0.05, 0.1) is 18.4 Å². The largest absolute Gasteiger partial charge is 0.481 e. The van der Waals surface area contributed by atoms with E-state index >= 15 is 0 Å². The summed E-state index contributed by atoms with van der Waals surface area (Å²) in [5.41, 5.74) is 6.14. The molecule has 7 heteroatoms. The minimum Gasteiger partial charge on any atom is -0.481 e. The number of carbonyl (C=O) groups excluding carboxylic acids is 1. The summed E-state index contributed by atoms with van der Waals surface area (Å²) in [7, 11) is 0. The monoisotopic (exact) mass is 284 g/mol. The third-order valence-electron chi connectivity index (χ3n) is 3.40. The third kappa shape index (κ3) is 4.41. The summed E-state index contributed by atoms with van der Waals surface area (Å²) in [6.07, 6.45) is 2.38. The first-order valence-electron chi connectivity index (χ1n) is 6.63. The quantitative estimate of drug-likeness (QED) is 0.649. The molecule has 0 radical (unpaired) electrons. The van der Waals surface area contributed by atoms with E-state index in [4.69, 9.17) is 15.9 Å². The first-order chi connectivity index (χ1) is 9.32. The molecule has 0 bridgehead atoms. The fourth-order valence-electron chi connectivity index (χ4n) is 2.31. The number of hydrogen-bond donors (Lipinski definition) is 3. The van der Waals surface area contributed by atoms with E-state index in [1.165, 1.54) is 6.92 Å². The molecule has 0 aliphatic heterocycles. The summed E-state index contributed by atoms with van der Waals surface area (Å²) >= 11 is 0. The van der Waals surface area contributed by atoms with Crippen molar-refractivity contribution < 1.29 is 24.6 Å². The molecule has 1 fully saturated rings. The minimum atomic E-state index is -1.13. The first kappa shape index (κ1) is 16.3. The van der Waals surface area contributed by atoms with Gasteiger partial charge in [-0.05, 0) is 26.2 Å². The summed E-state index contributed by atoms with van der Waals surface area (Å²) in [5.74, 6) is -3.08. The zero-order valence-corrected chi connectivity index (χ0v) is 11.4. The molecule has 112 valence electrons. The Labute approximate surface area is 116 Å². The molecular formula is C13H20N2O5. The number of carbonyl (C=O) groups is 3. The number of aliphatic imine (C=N–C) groups is 1. The maximum absolute atomic E-state index is 12.2. The van der Waals surface area contributed by atoms with Crippen molar-refractivity contribution in [3.63, 3.8) is 0 Å². The Bertz CT molecular complexity index is 432. The van der Waals surface area contributed by atoms with Gasteiger partial charge in [-0.25, -0.2) is 4.79 Å². The Hall–Kier alpha value is -1.76. The fraction of sp³-hybridized carbons (Fsp3) is 0.692. The van der Waals surface area contributed by atoms with Gasteiger partial charge in [0, 0.05) is 5.71 Å². The van der Waals surface area contributed by atoms with Crippen molar-refractivity contribution in [1.29, 1.82) is 0 Å². The van der Waals surface area contributed by atoms with Crippen LogP contribution in [0.2, 0.25) is 0 Å². The van der Waals surface area contributed by atoms with Crippen LogP contribution in [0.1, 0.15) is 39.0 Å². The van der Waals surface area contributed by atoms with E-state index < -0.39 is 36.4 Å². The van der Waals surface area contributed by atoms with Crippen LogP contribution in [0, 0.1) is 5.92 Å². The molecular weight excluding hydrogens is 264 g/mol. The number of nitrogens with zero attached hydrogens (tertiary/aromatic N) is 1. The molecule has 0 spiro atoms. The lowest BCUT2D eigenvalue weighted by Gasteiger charge is -2.25. The second-order valence-electron chi connectivity index (χ2n) is 5.04. The van der Waals surface area contributed by atoms with Crippen LogP contribution in [0.15, 0.2) is 4.99 Å². The van der Waals surface area contributed by atoms with Gasteiger partial charge in [0.1, 0.15) is 6.04 Å². The topological polar surface area (TPSA) is 130 Å². The van der Waals surface area contributed by atoms with Gasteiger partial charge in [-0.15, -0.1) is 0 Å². The van der Waals surface area contributed by atoms with E-state index in [1.54, 1.807) is 0 Å². The van der Waals surface area contributed by atoms with E-state index in [0.717, 1.165) is 12.8 Å². The Morgan fingerprint density at radius 2 is 2.00 bits per heavy atom. The SMILES string of the molecule is C[C@H](N=C1CCCCC1C(=O)[C@@H](N)CC(=O)O)C(=O)O. The second-order valence-corrected chi connectivity index (χ2v) is 5.04. The van der Waals surface area contributed by atoms with Crippen molar-refractivity contribution in [3.05, 3.63) is 0 Å². The highest BCUT2D eigenvalue weighted by molar-refractivity contribution is 6.08. The summed E-state index contributed by atoms with van der Waals surface area (Å²) in [4.78, 5) is 37.7. The van der Waals surface area contributed by atoms with Gasteiger partial charge in [0.2, 0.25) is 0 Å². The van der Waals surface area contributed by atoms with Crippen LogP contribution in [0.4, 0.5) is 0 Å². The van der Waals surface area contributed by atoms with Gasteiger partial charge >= 0.3 is 11.9 Å². The van der Waals surface area contributed by atoms with Crippen molar-refractivity contribution in [2.24, 2.45) is 16.6 Å². The highest BCUT2D eigenvalue weighted by atomic mass is 16.4. The van der Waals surface area contributed by atoms with E-state index in [0.29, 0.717) is 18.6 Å². The van der Waals surface area contributed by atoms with Crippen molar-refractivity contribution in [3.8, 4) is 0 Å². The average molecular weight is 284 g/mol. The normalized spacial score (nSPS) is 24.1. The molecule has 0 aromatic carbocycles. The molecule has 20 heavy (non-hydrogen) atoms. The van der Waals surface area contributed by atoms with Crippen LogP contribution < -0.4 is 5.73 Å². The van der Waals surface area contributed by atoms with Gasteiger partial charge in [0.15, 0.2) is 5.78 Å². The van der Waals surface area contributed by atoms with Gasteiger partial charge in [-0.3, -0.25) is 14.6 Å². The molecule has 7 nitrogen and oxygen atoms in total. The minimum absolute atomic E-state index is 0.358. The van der Waals surface area contributed by atoms with Crippen LogP contribution in [0.25, 0.3) is 0 Å². The smallest absolute Gasteiger partial charge is 0.328 e. The standard InChI is InChI=1S/C13H20N2O5/c1-7(13(19)20)15-10-5-3-2-4-8(10)12(18)9(14)6-11(16)17/h7-9H,2-6,14H2,1H3,(H,16,17)(H,19,20)/t7-,8?,9-/m0/s1. The lowest BCUT2D eigenvalue weighted by atomic mass is 9.81. The highest BCUT2D eigenvalue weighted by Gasteiger charge is 2.32. The van der Waals surface area contributed by atoms with Crippen LogP contribution in [-0.4, -0.2) is 45.7 Å². The molecule has 3 atom stereocenters. The van der Waals surface area contributed by atoms with Crippen LogP contribution in [0.3, 0.4) is 0 Å². The number of ketones is 1. The van der Waals surface area contributed by atoms with Crippen LogP contribution in [-0.2, 0) is 14.4 Å². The molecule has 0 aromatic rings. The van der Waals surface area contributed by atoms with Crippen molar-refractivity contribution in [1.82, 2.24) is 0 Å². The fourth-order valence-corrected chi connectivity index (χ4v) is 2.31. The van der Waals surface area contributed by atoms with Gasteiger partial charge < -0.3 is 15.9 Å². The van der Waals surface area contributed by atoms with Crippen LogP contribution in [0.5, 0.6) is 0 Å². The Morgan fingerprint density at radius 3 is 2.55 bits per heavy atom. The predicted molar refractivity (Wildman–Crippen MR) is 71.7 cm³/mol. The highest BCUT2D eigenvalue weighted by Crippen LogP contribution is 2.24. The number of rotatable bonds is 6. The van der Waals surface area contributed by atoms with Crippen molar-refractivity contribution in [2.45, 2.75) is 51.1 Å². The third-order valence-corrected chi connectivity index (χ3v) is 3.40. The van der Waals surface area contributed by atoms with E-state index in [-0.39, 0.29) is 5.78 Å². The Balaban J connectivity index is 2.85. The Morgan fingerprint density at radius 1 is 1.35 bits per heavy atom. The number of aliphatic carboxylic acids is 2. The predicted octanol–water partition coefficient (Wildman–Crippen LogP) is 0.462. The zero-order chi connectivity index (χ0) is 15.3. The maximum atomic E-state index is 12.2. The number of nitrogens with two attached hydrogens (primary N) is 1. The van der Waals surface area contributed by atoms with Crippen LogP contribution >= 0.6 is 0 Å². The van der Waals surface area contributed by atoms with Gasteiger partial charge in [-0.2, -0.15) is 0 Å². The molecule has 1 aliphatic rings. The maximum Gasteiger partial charge on any atom is 0.328 e. The van der Waals surface area contributed by atoms with E-state index in [2.05, 4.69) is 4.99 Å². The molecule has 1 rings (SSSR count). The molecule has 1 aliphatic carbocycles. The Kier molecular flexibility index (Phi) is 5.82. The first-order valence-corrected chi connectivity index (χ1v) is 6.63. The summed E-state index contributed by atoms with van der Waals surface area (Å²) < 4.78 is 0. The molecule has 4 N–H and O–H groups in total. The van der Waals surface area contributed by atoms with E-state index in [1.807, 2.05) is 0 Å². The van der Waals surface area contributed by atoms with Crippen molar-refractivity contribution in [2.75, 3.05) is 0 Å². The molecule has 1 unspecified atom stereocenters. The molecule has 0 heterocycles. The molecule has 1 saturated carbocycles. The van der Waals surface area contributed by atoms with Gasteiger partial charge in [0.25, 0.3) is 0 Å². The number of carboxylic acid groups (broad SMARTS) is 2. The lowest BCUT2D eigenvalue weighted by Crippen LogP contribution is -2.41. The molecule has 0 amide bonds. The lowest BCUT2D eigenvalue weighted by molar-refractivity contribution is -0.139. The van der Waals surface area contributed by atoms with Gasteiger partial charge in [-0.1, -0.05) is 6.42 Å². The molecule has 0 saturated heterocycles. The zero-order valence-electron chi connectivity index (χ0n) is 11.4. The summed E-state index contributed by atoms with van der Waals surface area (Å²) in [6, 6.07) is -1.98. The number of Topliss-reactive ketones (excluding diaryl/α,β-unsaturated/α-hetero) is 1. The number of hydrogen-bond acceptors (Lipinski definition) is 5. The molecule has 0 aromatic heterocycles. The average Bonchev–Trinajstić information content (AvgIpc) is 2.37. The summed E-state index contributed by atoms with van der Waals surface area (Å²) in [5, 5.41) is 17.5.